The molecule has 1 aromatic heterocycles. The molecule has 19 heavy (non-hydrogen) atoms. The van der Waals surface area contributed by atoms with Crippen molar-refractivity contribution >= 4 is 0 Å². The third kappa shape index (κ3) is 3.32. The molecule has 0 saturated heterocycles. The molecular weight excluding hydrogens is 248 g/mol. The first-order valence-corrected chi connectivity index (χ1v) is 6.15. The van der Waals surface area contributed by atoms with E-state index in [-0.39, 0.29) is 6.04 Å². The molecule has 1 N–H and O–H groups in total. The minimum absolute atomic E-state index is 0.240. The van der Waals surface area contributed by atoms with E-state index in [1.165, 1.54) is 12.4 Å². The van der Waals surface area contributed by atoms with Gasteiger partial charge in [0.2, 0.25) is 0 Å². The average Bonchev–Trinajstić information content (AvgIpc) is 2.44. The van der Waals surface area contributed by atoms with E-state index in [0.717, 1.165) is 24.6 Å². The average molecular weight is 263 g/mol. The molecule has 0 fully saturated rings. The zero-order valence-electron chi connectivity index (χ0n) is 10.6. The second-order valence-electron chi connectivity index (χ2n) is 4.23. The Balaban J connectivity index is 2.34. The number of halogens is 2. The van der Waals surface area contributed by atoms with Gasteiger partial charge in [0, 0.05) is 18.0 Å². The fraction of sp³-hybridized carbons (Fsp3) is 0.286. The van der Waals surface area contributed by atoms with Crippen LogP contribution in [0.3, 0.4) is 0 Å². The third-order valence-electron chi connectivity index (χ3n) is 2.79. The Morgan fingerprint density at radius 3 is 2.47 bits per heavy atom. The molecule has 0 aliphatic heterocycles. The summed E-state index contributed by atoms with van der Waals surface area (Å²) in [6.45, 7) is 2.80. The lowest BCUT2D eigenvalue weighted by Gasteiger charge is -2.19. The topological polar surface area (TPSA) is 37.8 Å². The summed E-state index contributed by atoms with van der Waals surface area (Å²) in [6, 6.07) is 3.67. The van der Waals surface area contributed by atoms with Crippen LogP contribution in [-0.2, 0) is 0 Å². The van der Waals surface area contributed by atoms with Crippen LogP contribution in [-0.4, -0.2) is 16.5 Å². The lowest BCUT2D eigenvalue weighted by Crippen LogP contribution is -2.23. The molecule has 0 radical (unpaired) electrons. The number of nitrogens with zero attached hydrogens (tertiary/aromatic N) is 2. The van der Waals surface area contributed by atoms with Gasteiger partial charge in [-0.1, -0.05) is 13.0 Å². The highest BCUT2D eigenvalue weighted by Crippen LogP contribution is 2.22. The molecule has 0 spiro atoms. The van der Waals surface area contributed by atoms with Crippen LogP contribution >= 0.6 is 0 Å². The predicted octanol–water partition coefficient (Wildman–Crippen LogP) is 2.84. The monoisotopic (exact) mass is 263 g/mol. The summed E-state index contributed by atoms with van der Waals surface area (Å²) in [7, 11) is 0. The summed E-state index contributed by atoms with van der Waals surface area (Å²) in [6.07, 6.45) is 5.71. The minimum Gasteiger partial charge on any atom is -0.306 e. The molecule has 1 unspecified atom stereocenters. The van der Waals surface area contributed by atoms with E-state index in [1.54, 1.807) is 18.5 Å². The number of aromatic nitrogens is 2. The van der Waals surface area contributed by atoms with Crippen LogP contribution in [0.4, 0.5) is 8.78 Å². The van der Waals surface area contributed by atoms with Gasteiger partial charge in [0.1, 0.15) is 6.33 Å². The summed E-state index contributed by atoms with van der Waals surface area (Å²) < 4.78 is 26.3. The lowest BCUT2D eigenvalue weighted by molar-refractivity contribution is 0.503. The fourth-order valence-corrected chi connectivity index (χ4v) is 1.87. The first-order valence-electron chi connectivity index (χ1n) is 6.15. The Morgan fingerprint density at radius 2 is 1.84 bits per heavy atom. The summed E-state index contributed by atoms with van der Waals surface area (Å²) in [5.74, 6) is -1.69. The molecule has 2 aromatic rings. The maximum atomic E-state index is 13.3. The van der Waals surface area contributed by atoms with Crippen LogP contribution < -0.4 is 5.32 Å². The van der Waals surface area contributed by atoms with Crippen LogP contribution in [0, 0.1) is 11.6 Å². The van der Waals surface area contributed by atoms with E-state index in [9.17, 15) is 8.78 Å². The molecule has 5 heteroatoms. The normalized spacial score (nSPS) is 12.4. The van der Waals surface area contributed by atoms with Crippen molar-refractivity contribution in [2.24, 2.45) is 0 Å². The Bertz CT molecular complexity index is 531. The first-order chi connectivity index (χ1) is 9.22. The summed E-state index contributed by atoms with van der Waals surface area (Å²) >= 11 is 0. The van der Waals surface area contributed by atoms with Crippen LogP contribution in [0.5, 0.6) is 0 Å². The standard InChI is InChI=1S/C14H15F2N3/c1-2-5-19-14(11-7-17-9-18-8-11)10-3-4-12(15)13(16)6-10/h3-4,6-9,14,19H,2,5H2,1H3. The highest BCUT2D eigenvalue weighted by Gasteiger charge is 2.15. The van der Waals surface area contributed by atoms with Gasteiger partial charge < -0.3 is 5.32 Å². The molecule has 0 saturated carbocycles. The van der Waals surface area contributed by atoms with E-state index in [1.807, 2.05) is 6.92 Å². The molecule has 2 rings (SSSR count). The third-order valence-corrected chi connectivity index (χ3v) is 2.79. The van der Waals surface area contributed by atoms with E-state index in [4.69, 9.17) is 0 Å². The Labute approximate surface area is 110 Å². The van der Waals surface area contributed by atoms with Crippen LogP contribution in [0.15, 0.2) is 36.9 Å². The van der Waals surface area contributed by atoms with E-state index < -0.39 is 11.6 Å². The summed E-state index contributed by atoms with van der Waals surface area (Å²) in [5.41, 5.74) is 1.48. The predicted molar refractivity (Wildman–Crippen MR) is 68.5 cm³/mol. The Kier molecular flexibility index (Phi) is 4.52. The van der Waals surface area contributed by atoms with Crippen molar-refractivity contribution in [1.29, 1.82) is 0 Å². The van der Waals surface area contributed by atoms with Gasteiger partial charge >= 0.3 is 0 Å². The minimum atomic E-state index is -0.849. The zero-order valence-corrected chi connectivity index (χ0v) is 10.6. The van der Waals surface area contributed by atoms with E-state index in [2.05, 4.69) is 15.3 Å². The van der Waals surface area contributed by atoms with Gasteiger partial charge in [-0.2, -0.15) is 0 Å². The van der Waals surface area contributed by atoms with Gasteiger partial charge in [0.15, 0.2) is 11.6 Å². The van der Waals surface area contributed by atoms with Gasteiger partial charge in [0.05, 0.1) is 6.04 Å². The smallest absolute Gasteiger partial charge is 0.159 e. The zero-order chi connectivity index (χ0) is 13.7. The fourth-order valence-electron chi connectivity index (χ4n) is 1.87. The van der Waals surface area contributed by atoms with Gasteiger partial charge in [-0.25, -0.2) is 18.7 Å². The van der Waals surface area contributed by atoms with Crippen molar-refractivity contribution in [1.82, 2.24) is 15.3 Å². The van der Waals surface area contributed by atoms with Gasteiger partial charge in [-0.3, -0.25) is 0 Å². The van der Waals surface area contributed by atoms with Crippen molar-refractivity contribution in [2.45, 2.75) is 19.4 Å². The van der Waals surface area contributed by atoms with Crippen molar-refractivity contribution in [3.05, 3.63) is 59.7 Å². The maximum absolute atomic E-state index is 13.3. The van der Waals surface area contributed by atoms with Crippen LogP contribution in [0.2, 0.25) is 0 Å². The number of hydrogen-bond acceptors (Lipinski definition) is 3. The number of hydrogen-bond donors (Lipinski definition) is 1. The molecule has 0 aliphatic rings. The van der Waals surface area contributed by atoms with Crippen molar-refractivity contribution in [2.75, 3.05) is 6.54 Å². The molecule has 100 valence electrons. The van der Waals surface area contributed by atoms with E-state index in [0.29, 0.717) is 5.56 Å². The lowest BCUT2D eigenvalue weighted by atomic mass is 10.0. The molecule has 1 aromatic carbocycles. The quantitative estimate of drug-likeness (QED) is 0.901. The van der Waals surface area contributed by atoms with Gasteiger partial charge in [-0.05, 0) is 30.7 Å². The summed E-state index contributed by atoms with van der Waals surface area (Å²) in [4.78, 5) is 7.92. The van der Waals surface area contributed by atoms with Crippen molar-refractivity contribution in [3.63, 3.8) is 0 Å². The second-order valence-corrected chi connectivity index (χ2v) is 4.23. The maximum Gasteiger partial charge on any atom is 0.159 e. The first kappa shape index (κ1) is 13.5. The van der Waals surface area contributed by atoms with Crippen molar-refractivity contribution < 1.29 is 8.78 Å². The number of benzene rings is 1. The Hall–Kier alpha value is -1.88. The highest BCUT2D eigenvalue weighted by molar-refractivity contribution is 5.29. The molecule has 0 bridgehead atoms. The molecular formula is C14H15F2N3. The van der Waals surface area contributed by atoms with Crippen LogP contribution in [0.1, 0.15) is 30.5 Å². The number of nitrogens with one attached hydrogen (secondary N) is 1. The van der Waals surface area contributed by atoms with Crippen molar-refractivity contribution in [3.8, 4) is 0 Å². The molecule has 3 nitrogen and oxygen atoms in total. The summed E-state index contributed by atoms with van der Waals surface area (Å²) in [5, 5.41) is 3.28. The molecule has 1 heterocycles. The highest BCUT2D eigenvalue weighted by atomic mass is 19.2. The van der Waals surface area contributed by atoms with Crippen LogP contribution in [0.25, 0.3) is 0 Å². The van der Waals surface area contributed by atoms with Gasteiger partial charge in [-0.15, -0.1) is 0 Å². The van der Waals surface area contributed by atoms with E-state index >= 15 is 0 Å². The Morgan fingerprint density at radius 1 is 1.11 bits per heavy atom. The largest absolute Gasteiger partial charge is 0.306 e. The molecule has 0 amide bonds. The van der Waals surface area contributed by atoms with Gasteiger partial charge in [0.25, 0.3) is 0 Å². The SMILES string of the molecule is CCCNC(c1cncnc1)c1ccc(F)c(F)c1. The molecule has 1 atom stereocenters. The second kappa shape index (κ2) is 6.33. The number of rotatable bonds is 5. The molecule has 0 aliphatic carbocycles.